The van der Waals surface area contributed by atoms with Crippen molar-refractivity contribution in [2.75, 3.05) is 25.0 Å². The third-order valence-electron chi connectivity index (χ3n) is 3.88. The molecule has 1 saturated heterocycles. The zero-order valence-electron chi connectivity index (χ0n) is 11.8. The van der Waals surface area contributed by atoms with Gasteiger partial charge in [0.1, 0.15) is 0 Å². The van der Waals surface area contributed by atoms with E-state index in [0.29, 0.717) is 6.04 Å². The van der Waals surface area contributed by atoms with Crippen LogP contribution < -0.4 is 10.2 Å². The van der Waals surface area contributed by atoms with Gasteiger partial charge in [0.15, 0.2) is 0 Å². The zero-order chi connectivity index (χ0) is 13.8. The summed E-state index contributed by atoms with van der Waals surface area (Å²) in [6.45, 7) is 2.14. The predicted octanol–water partition coefficient (Wildman–Crippen LogP) is 2.33. The standard InChI is InChI=1S/C16H20N4/c1-20(15-8-5-9-17-12-15)16-18-10-14(11-19-16)13-6-3-2-4-7-13/h2-4,6-7,10-11,15,17H,5,8-9,12H2,1H3. The molecular formula is C16H20N4. The van der Waals surface area contributed by atoms with Crippen molar-refractivity contribution in [1.82, 2.24) is 15.3 Å². The second kappa shape index (κ2) is 6.01. The van der Waals surface area contributed by atoms with Crippen molar-refractivity contribution in [3.8, 4) is 11.1 Å². The van der Waals surface area contributed by atoms with Gasteiger partial charge in [0.2, 0.25) is 5.95 Å². The van der Waals surface area contributed by atoms with Crippen molar-refractivity contribution in [2.24, 2.45) is 0 Å². The van der Waals surface area contributed by atoms with E-state index in [1.807, 2.05) is 30.6 Å². The summed E-state index contributed by atoms with van der Waals surface area (Å²) in [6, 6.07) is 10.7. The van der Waals surface area contributed by atoms with Crippen LogP contribution in [0, 0.1) is 0 Å². The molecular weight excluding hydrogens is 248 g/mol. The first-order chi connectivity index (χ1) is 9.84. The lowest BCUT2D eigenvalue weighted by Crippen LogP contribution is -2.44. The molecule has 20 heavy (non-hydrogen) atoms. The summed E-state index contributed by atoms with van der Waals surface area (Å²) in [4.78, 5) is 11.2. The Hall–Kier alpha value is -1.94. The molecule has 0 aliphatic carbocycles. The number of nitrogens with zero attached hydrogens (tertiary/aromatic N) is 3. The van der Waals surface area contributed by atoms with E-state index in [1.54, 1.807) is 0 Å². The second-order valence-corrected chi connectivity index (χ2v) is 5.25. The highest BCUT2D eigenvalue weighted by molar-refractivity contribution is 5.61. The van der Waals surface area contributed by atoms with E-state index in [4.69, 9.17) is 0 Å². The Morgan fingerprint density at radius 2 is 1.85 bits per heavy atom. The number of likely N-dealkylation sites (N-methyl/N-ethyl adjacent to an activating group) is 1. The van der Waals surface area contributed by atoms with Crippen molar-refractivity contribution < 1.29 is 0 Å². The summed E-state index contributed by atoms with van der Waals surface area (Å²) in [5, 5.41) is 3.43. The number of rotatable bonds is 3. The fourth-order valence-corrected chi connectivity index (χ4v) is 2.61. The molecule has 4 heteroatoms. The number of anilines is 1. The van der Waals surface area contributed by atoms with Crippen LogP contribution in [0.5, 0.6) is 0 Å². The second-order valence-electron chi connectivity index (χ2n) is 5.25. The molecule has 0 saturated carbocycles. The molecule has 1 aliphatic heterocycles. The average molecular weight is 268 g/mol. The molecule has 1 aromatic heterocycles. The number of aromatic nitrogens is 2. The number of hydrogen-bond acceptors (Lipinski definition) is 4. The summed E-state index contributed by atoms with van der Waals surface area (Å²) in [7, 11) is 2.08. The van der Waals surface area contributed by atoms with Gasteiger partial charge in [0.25, 0.3) is 0 Å². The van der Waals surface area contributed by atoms with Gasteiger partial charge < -0.3 is 10.2 Å². The predicted molar refractivity (Wildman–Crippen MR) is 81.8 cm³/mol. The summed E-state index contributed by atoms with van der Waals surface area (Å²) in [6.07, 6.45) is 6.24. The topological polar surface area (TPSA) is 41.1 Å². The molecule has 1 aliphatic rings. The van der Waals surface area contributed by atoms with Crippen LogP contribution in [0.25, 0.3) is 11.1 Å². The van der Waals surface area contributed by atoms with Gasteiger partial charge in [-0.05, 0) is 24.9 Å². The van der Waals surface area contributed by atoms with Crippen LogP contribution in [0.2, 0.25) is 0 Å². The van der Waals surface area contributed by atoms with E-state index in [9.17, 15) is 0 Å². The molecule has 104 valence electrons. The van der Waals surface area contributed by atoms with E-state index in [2.05, 4.69) is 39.4 Å². The SMILES string of the molecule is CN(c1ncc(-c2ccccc2)cn1)C1CCCNC1. The maximum absolute atomic E-state index is 4.52. The first-order valence-corrected chi connectivity index (χ1v) is 7.15. The molecule has 0 radical (unpaired) electrons. The van der Waals surface area contributed by atoms with Crippen molar-refractivity contribution in [2.45, 2.75) is 18.9 Å². The van der Waals surface area contributed by atoms with Crippen molar-refractivity contribution in [1.29, 1.82) is 0 Å². The third-order valence-corrected chi connectivity index (χ3v) is 3.88. The number of nitrogens with one attached hydrogen (secondary N) is 1. The van der Waals surface area contributed by atoms with Gasteiger partial charge in [-0.25, -0.2) is 9.97 Å². The minimum atomic E-state index is 0.492. The first kappa shape index (κ1) is 13.1. The van der Waals surface area contributed by atoms with E-state index in [0.717, 1.165) is 30.2 Å². The van der Waals surface area contributed by atoms with Gasteiger partial charge in [-0.2, -0.15) is 0 Å². The number of hydrogen-bond donors (Lipinski definition) is 1. The molecule has 0 bridgehead atoms. The molecule has 1 aromatic carbocycles. The van der Waals surface area contributed by atoms with Crippen LogP contribution >= 0.6 is 0 Å². The minimum absolute atomic E-state index is 0.492. The number of piperidine rings is 1. The van der Waals surface area contributed by atoms with Crippen LogP contribution in [0.15, 0.2) is 42.7 Å². The summed E-state index contributed by atoms with van der Waals surface area (Å²) in [5.41, 5.74) is 2.21. The lowest BCUT2D eigenvalue weighted by molar-refractivity contribution is 0.441. The normalized spacial score (nSPS) is 18.8. The fraction of sp³-hybridized carbons (Fsp3) is 0.375. The molecule has 1 fully saturated rings. The highest BCUT2D eigenvalue weighted by Crippen LogP contribution is 2.19. The fourth-order valence-electron chi connectivity index (χ4n) is 2.61. The minimum Gasteiger partial charge on any atom is -0.340 e. The Labute approximate surface area is 119 Å². The molecule has 3 rings (SSSR count). The maximum atomic E-state index is 4.52. The van der Waals surface area contributed by atoms with Crippen molar-refractivity contribution in [3.05, 3.63) is 42.7 Å². The lowest BCUT2D eigenvalue weighted by atomic mass is 10.1. The molecule has 4 nitrogen and oxygen atoms in total. The Kier molecular flexibility index (Phi) is 3.92. The van der Waals surface area contributed by atoms with E-state index < -0.39 is 0 Å². The molecule has 0 amide bonds. The van der Waals surface area contributed by atoms with Crippen LogP contribution in [-0.2, 0) is 0 Å². The molecule has 2 heterocycles. The van der Waals surface area contributed by atoms with Gasteiger partial charge in [-0.1, -0.05) is 30.3 Å². The molecule has 1 unspecified atom stereocenters. The quantitative estimate of drug-likeness (QED) is 0.927. The summed E-state index contributed by atoms with van der Waals surface area (Å²) < 4.78 is 0. The zero-order valence-corrected chi connectivity index (χ0v) is 11.8. The Bertz CT molecular complexity index is 532. The third kappa shape index (κ3) is 2.80. The van der Waals surface area contributed by atoms with Gasteiger partial charge in [0.05, 0.1) is 0 Å². The Morgan fingerprint density at radius 3 is 2.50 bits per heavy atom. The van der Waals surface area contributed by atoms with E-state index >= 15 is 0 Å². The largest absolute Gasteiger partial charge is 0.340 e. The monoisotopic (exact) mass is 268 g/mol. The van der Waals surface area contributed by atoms with Crippen LogP contribution in [0.3, 0.4) is 0 Å². The molecule has 0 spiro atoms. The van der Waals surface area contributed by atoms with Crippen molar-refractivity contribution in [3.63, 3.8) is 0 Å². The molecule has 2 aromatic rings. The Balaban J connectivity index is 1.75. The summed E-state index contributed by atoms with van der Waals surface area (Å²) >= 11 is 0. The van der Waals surface area contributed by atoms with E-state index in [1.165, 1.54) is 12.8 Å². The highest BCUT2D eigenvalue weighted by atomic mass is 15.3. The van der Waals surface area contributed by atoms with E-state index in [-0.39, 0.29) is 0 Å². The van der Waals surface area contributed by atoms with Gasteiger partial charge in [-0.3, -0.25) is 0 Å². The van der Waals surface area contributed by atoms with Gasteiger partial charge >= 0.3 is 0 Å². The van der Waals surface area contributed by atoms with Gasteiger partial charge in [-0.15, -0.1) is 0 Å². The Morgan fingerprint density at radius 1 is 1.10 bits per heavy atom. The molecule has 1 N–H and O–H groups in total. The average Bonchev–Trinajstić information content (AvgIpc) is 2.56. The van der Waals surface area contributed by atoms with Crippen LogP contribution in [0.1, 0.15) is 12.8 Å². The van der Waals surface area contributed by atoms with Crippen molar-refractivity contribution >= 4 is 5.95 Å². The number of benzene rings is 1. The van der Waals surface area contributed by atoms with Gasteiger partial charge in [0, 0.05) is 37.6 Å². The first-order valence-electron chi connectivity index (χ1n) is 7.15. The summed E-state index contributed by atoms with van der Waals surface area (Å²) in [5.74, 6) is 0.804. The highest BCUT2D eigenvalue weighted by Gasteiger charge is 2.19. The molecule has 1 atom stereocenters. The smallest absolute Gasteiger partial charge is 0.225 e. The lowest BCUT2D eigenvalue weighted by Gasteiger charge is -2.31. The van der Waals surface area contributed by atoms with Crippen LogP contribution in [-0.4, -0.2) is 36.1 Å². The van der Waals surface area contributed by atoms with Crippen LogP contribution in [0.4, 0.5) is 5.95 Å². The maximum Gasteiger partial charge on any atom is 0.225 e.